The van der Waals surface area contributed by atoms with Gasteiger partial charge in [0.1, 0.15) is 0 Å². The Balaban J connectivity index is 1.92. The fraction of sp³-hybridized carbons (Fsp3) is 0.391. The predicted molar refractivity (Wildman–Crippen MR) is 106 cm³/mol. The molecule has 4 heteroatoms. The molecular formula is C23H27NO3. The van der Waals surface area contributed by atoms with Gasteiger partial charge in [0, 0.05) is 30.6 Å². The third kappa shape index (κ3) is 2.79. The number of benzene rings is 2. The Kier molecular flexibility index (Phi) is 4.60. The van der Waals surface area contributed by atoms with E-state index in [9.17, 15) is 5.11 Å². The van der Waals surface area contributed by atoms with E-state index in [0.717, 1.165) is 30.9 Å². The van der Waals surface area contributed by atoms with Gasteiger partial charge in [0.15, 0.2) is 11.5 Å². The average Bonchev–Trinajstić information content (AvgIpc) is 3.05. The Morgan fingerprint density at radius 1 is 1.04 bits per heavy atom. The maximum absolute atomic E-state index is 10.6. The molecule has 4 nitrogen and oxygen atoms in total. The number of likely N-dealkylation sites (tertiary alicyclic amines) is 1. The lowest BCUT2D eigenvalue weighted by Gasteiger charge is -2.44. The number of nitrogens with zero attached hydrogens (tertiary/aromatic N) is 1. The summed E-state index contributed by atoms with van der Waals surface area (Å²) in [6.45, 7) is 0.968. The first kappa shape index (κ1) is 17.9. The van der Waals surface area contributed by atoms with E-state index in [2.05, 4.69) is 48.3 Å². The lowest BCUT2D eigenvalue weighted by Crippen LogP contribution is -2.40. The van der Waals surface area contributed by atoms with E-state index in [1.807, 2.05) is 18.2 Å². The van der Waals surface area contributed by atoms with Gasteiger partial charge in [0.05, 0.1) is 20.3 Å². The maximum atomic E-state index is 10.6. The van der Waals surface area contributed by atoms with Gasteiger partial charge in [0.2, 0.25) is 0 Å². The fourth-order valence-corrected chi connectivity index (χ4v) is 4.97. The van der Waals surface area contributed by atoms with Crippen molar-refractivity contribution in [1.82, 2.24) is 4.90 Å². The molecule has 1 heterocycles. The van der Waals surface area contributed by atoms with Crippen LogP contribution in [0.25, 0.3) is 0 Å². The zero-order valence-electron chi connectivity index (χ0n) is 16.2. The summed E-state index contributed by atoms with van der Waals surface area (Å²) in [5.74, 6) is 1.69. The second-order valence-corrected chi connectivity index (χ2v) is 7.53. The number of likely N-dealkylation sites (N-methyl/N-ethyl adjacent to an activating group) is 1. The lowest BCUT2D eigenvalue weighted by molar-refractivity contribution is 0.165. The summed E-state index contributed by atoms with van der Waals surface area (Å²) in [5, 5.41) is 10.6. The zero-order chi connectivity index (χ0) is 19.0. The molecule has 27 heavy (non-hydrogen) atoms. The van der Waals surface area contributed by atoms with Crippen LogP contribution in [0.1, 0.15) is 29.9 Å². The van der Waals surface area contributed by atoms with Gasteiger partial charge in [-0.25, -0.2) is 0 Å². The molecule has 1 fully saturated rings. The smallest absolute Gasteiger partial charge is 0.161 e. The van der Waals surface area contributed by atoms with E-state index < -0.39 is 6.10 Å². The first-order chi connectivity index (χ1) is 13.1. The molecule has 1 N–H and O–H groups in total. The lowest BCUT2D eigenvalue weighted by atomic mass is 9.61. The standard InChI is InChI=1S/C23H27NO3/c1-24-12-11-23(17-9-10-20(26-2)21(13-17)27-3)19(14-18(25)15-22(23)24)16-7-5-4-6-8-16/h4-10,13,15,18-19,25H,11-12,14H2,1-3H3/t18-,19?,23+/m1/s1. The molecule has 142 valence electrons. The maximum Gasteiger partial charge on any atom is 0.161 e. The highest BCUT2D eigenvalue weighted by molar-refractivity contribution is 5.52. The normalized spacial score (nSPS) is 27.1. The number of methoxy groups -OCH3 is 2. The van der Waals surface area contributed by atoms with Crippen LogP contribution >= 0.6 is 0 Å². The van der Waals surface area contributed by atoms with Gasteiger partial charge < -0.3 is 19.5 Å². The molecule has 2 aromatic rings. The molecule has 1 unspecified atom stereocenters. The average molecular weight is 365 g/mol. The van der Waals surface area contributed by atoms with Crippen molar-refractivity contribution in [2.24, 2.45) is 0 Å². The van der Waals surface area contributed by atoms with Crippen molar-refractivity contribution in [2.75, 3.05) is 27.8 Å². The van der Waals surface area contributed by atoms with Gasteiger partial charge >= 0.3 is 0 Å². The van der Waals surface area contributed by atoms with Crippen molar-refractivity contribution in [3.05, 3.63) is 71.4 Å². The summed E-state index contributed by atoms with van der Waals surface area (Å²) in [4.78, 5) is 2.29. The van der Waals surface area contributed by atoms with E-state index in [1.54, 1.807) is 14.2 Å². The van der Waals surface area contributed by atoms with E-state index in [-0.39, 0.29) is 11.3 Å². The van der Waals surface area contributed by atoms with Crippen molar-refractivity contribution in [3.63, 3.8) is 0 Å². The summed E-state index contributed by atoms with van der Waals surface area (Å²) in [6.07, 6.45) is 3.34. The highest BCUT2D eigenvalue weighted by Crippen LogP contribution is 2.56. The van der Waals surface area contributed by atoms with Crippen LogP contribution in [-0.4, -0.2) is 43.9 Å². The third-order valence-electron chi connectivity index (χ3n) is 6.23. The second kappa shape index (κ2) is 6.93. The molecule has 1 saturated heterocycles. The van der Waals surface area contributed by atoms with Crippen LogP contribution in [0.5, 0.6) is 11.5 Å². The number of fused-ring (bicyclic) bond motifs is 1. The van der Waals surface area contributed by atoms with Crippen LogP contribution < -0.4 is 9.47 Å². The van der Waals surface area contributed by atoms with Crippen molar-refractivity contribution >= 4 is 0 Å². The SMILES string of the molecule is COc1ccc([C@]23CCN(C)C2=C[C@H](O)CC3c2ccccc2)cc1OC. The van der Waals surface area contributed by atoms with Crippen LogP contribution in [0.15, 0.2) is 60.3 Å². The largest absolute Gasteiger partial charge is 0.493 e. The molecule has 0 aromatic heterocycles. The van der Waals surface area contributed by atoms with E-state index in [0.29, 0.717) is 0 Å². The molecule has 0 bridgehead atoms. The quantitative estimate of drug-likeness (QED) is 0.897. The molecule has 1 aliphatic heterocycles. The molecule has 0 saturated carbocycles. The van der Waals surface area contributed by atoms with Crippen LogP contribution in [0.2, 0.25) is 0 Å². The van der Waals surface area contributed by atoms with E-state index >= 15 is 0 Å². The van der Waals surface area contributed by atoms with Crippen molar-refractivity contribution < 1.29 is 14.6 Å². The number of allylic oxidation sites excluding steroid dienone is 1. The molecule has 4 rings (SSSR count). The topological polar surface area (TPSA) is 41.9 Å². The van der Waals surface area contributed by atoms with Crippen molar-refractivity contribution in [3.8, 4) is 11.5 Å². The highest BCUT2D eigenvalue weighted by Gasteiger charge is 2.52. The number of ether oxygens (including phenoxy) is 2. The molecule has 2 aliphatic rings. The van der Waals surface area contributed by atoms with Gasteiger partial charge in [-0.1, -0.05) is 36.4 Å². The summed E-state index contributed by atoms with van der Waals surface area (Å²) >= 11 is 0. The molecule has 2 aromatic carbocycles. The second-order valence-electron chi connectivity index (χ2n) is 7.53. The molecule has 0 amide bonds. The number of rotatable bonds is 4. The van der Waals surface area contributed by atoms with Crippen LogP contribution in [0.3, 0.4) is 0 Å². The number of aliphatic hydroxyl groups is 1. The van der Waals surface area contributed by atoms with Gasteiger partial charge in [-0.05, 0) is 42.2 Å². The first-order valence-electron chi connectivity index (χ1n) is 9.49. The Hall–Kier alpha value is -2.46. The zero-order valence-corrected chi connectivity index (χ0v) is 16.2. The van der Waals surface area contributed by atoms with Crippen LogP contribution in [0.4, 0.5) is 0 Å². The number of hydrogen-bond donors (Lipinski definition) is 1. The van der Waals surface area contributed by atoms with Gasteiger partial charge in [-0.2, -0.15) is 0 Å². The minimum absolute atomic E-state index is 0.172. The van der Waals surface area contributed by atoms with Crippen LogP contribution in [-0.2, 0) is 5.41 Å². The van der Waals surface area contributed by atoms with Crippen molar-refractivity contribution in [1.29, 1.82) is 0 Å². The molecule has 1 aliphatic carbocycles. The summed E-state index contributed by atoms with van der Waals surface area (Å²) in [5.41, 5.74) is 3.53. The monoisotopic (exact) mass is 365 g/mol. The number of aliphatic hydroxyl groups excluding tert-OH is 1. The number of hydrogen-bond acceptors (Lipinski definition) is 4. The molecular weight excluding hydrogens is 338 g/mol. The molecule has 0 radical (unpaired) electrons. The van der Waals surface area contributed by atoms with E-state index in [1.165, 1.54) is 16.8 Å². The van der Waals surface area contributed by atoms with Crippen molar-refractivity contribution in [2.45, 2.75) is 30.3 Å². The first-order valence-corrected chi connectivity index (χ1v) is 9.49. The van der Waals surface area contributed by atoms with Gasteiger partial charge in [-0.3, -0.25) is 0 Å². The Bertz CT molecular complexity index is 848. The molecule has 3 atom stereocenters. The Morgan fingerprint density at radius 2 is 1.78 bits per heavy atom. The fourth-order valence-electron chi connectivity index (χ4n) is 4.97. The third-order valence-corrected chi connectivity index (χ3v) is 6.23. The summed E-state index contributed by atoms with van der Waals surface area (Å²) < 4.78 is 11.0. The highest BCUT2D eigenvalue weighted by atomic mass is 16.5. The Morgan fingerprint density at radius 3 is 2.48 bits per heavy atom. The minimum Gasteiger partial charge on any atom is -0.493 e. The van der Waals surface area contributed by atoms with Gasteiger partial charge in [0.25, 0.3) is 0 Å². The minimum atomic E-state index is -0.431. The summed E-state index contributed by atoms with van der Waals surface area (Å²) in [6, 6.07) is 16.8. The Labute approximate surface area is 161 Å². The molecule has 0 spiro atoms. The van der Waals surface area contributed by atoms with Crippen LogP contribution in [0, 0.1) is 0 Å². The predicted octanol–water partition coefficient (Wildman–Crippen LogP) is 3.71. The summed E-state index contributed by atoms with van der Waals surface area (Å²) in [7, 11) is 5.46. The van der Waals surface area contributed by atoms with E-state index in [4.69, 9.17) is 9.47 Å². The van der Waals surface area contributed by atoms with Gasteiger partial charge in [-0.15, -0.1) is 0 Å².